The van der Waals surface area contributed by atoms with Gasteiger partial charge in [0.1, 0.15) is 18.1 Å². The van der Waals surface area contributed by atoms with Crippen molar-refractivity contribution in [3.63, 3.8) is 0 Å². The number of imidazole rings is 1. The van der Waals surface area contributed by atoms with Crippen molar-refractivity contribution in [2.75, 3.05) is 0 Å². The second-order valence-electron chi connectivity index (χ2n) is 16.4. The number of rotatable bonds is 2. The van der Waals surface area contributed by atoms with Crippen molar-refractivity contribution in [2.45, 2.75) is 100 Å². The standard InChI is InChI=1S/C36H45N3O4/c1-21(40)24-19-38-20-39(24)30(43)36-13-11-31(2,3)17-23(36)28-25(41)15-27-33(6)16-22(18-37)29(42)32(4,5)26(33)9-10-34(27,7)35(28,8)12-14-36/h15-16,19-20,23,26,28H,9-14,17H2,1-8H3. The van der Waals surface area contributed by atoms with Crippen LogP contribution in [0.3, 0.4) is 0 Å². The van der Waals surface area contributed by atoms with E-state index in [1.165, 1.54) is 24.0 Å². The van der Waals surface area contributed by atoms with Gasteiger partial charge in [-0.05, 0) is 79.1 Å². The molecule has 0 amide bonds. The number of hydrogen-bond donors (Lipinski definition) is 0. The van der Waals surface area contributed by atoms with Crippen LogP contribution in [0.25, 0.3) is 0 Å². The minimum atomic E-state index is -0.754. The van der Waals surface area contributed by atoms with E-state index in [2.05, 4.69) is 45.7 Å². The lowest BCUT2D eigenvalue weighted by atomic mass is 9.34. The molecular formula is C36H45N3O4. The van der Waals surface area contributed by atoms with E-state index >= 15 is 0 Å². The van der Waals surface area contributed by atoms with E-state index in [0.717, 1.165) is 31.3 Å². The lowest BCUT2D eigenvalue weighted by Gasteiger charge is -2.69. The monoisotopic (exact) mass is 583 g/mol. The molecule has 0 radical (unpaired) electrons. The Morgan fingerprint density at radius 2 is 1.67 bits per heavy atom. The molecule has 0 saturated heterocycles. The Bertz CT molecular complexity index is 1580. The number of carbonyl (C=O) groups excluding carboxylic acids is 4. The number of fused-ring (bicyclic) bond motifs is 7. The lowest BCUT2D eigenvalue weighted by Crippen LogP contribution is -2.66. The third-order valence-electron chi connectivity index (χ3n) is 13.5. The molecule has 43 heavy (non-hydrogen) atoms. The van der Waals surface area contributed by atoms with Crippen LogP contribution in [0.1, 0.15) is 116 Å². The van der Waals surface area contributed by atoms with Crippen molar-refractivity contribution in [1.82, 2.24) is 9.55 Å². The van der Waals surface area contributed by atoms with Gasteiger partial charge in [0.2, 0.25) is 5.91 Å². The summed E-state index contributed by atoms with van der Waals surface area (Å²) in [6, 6.07) is 2.17. The summed E-state index contributed by atoms with van der Waals surface area (Å²) in [7, 11) is 0. The second kappa shape index (κ2) is 8.96. The number of nitriles is 1. The van der Waals surface area contributed by atoms with Gasteiger partial charge in [-0.15, -0.1) is 0 Å². The van der Waals surface area contributed by atoms with E-state index in [0.29, 0.717) is 25.0 Å². The van der Waals surface area contributed by atoms with E-state index in [9.17, 15) is 24.4 Å². The van der Waals surface area contributed by atoms with Crippen LogP contribution in [0.5, 0.6) is 0 Å². The maximum Gasteiger partial charge on any atom is 0.238 e. The van der Waals surface area contributed by atoms with Gasteiger partial charge in [0, 0.05) is 23.7 Å². The van der Waals surface area contributed by atoms with Crippen molar-refractivity contribution < 1.29 is 19.2 Å². The molecule has 7 unspecified atom stereocenters. The minimum Gasteiger partial charge on any atom is -0.295 e. The van der Waals surface area contributed by atoms with Gasteiger partial charge >= 0.3 is 0 Å². The largest absolute Gasteiger partial charge is 0.295 e. The van der Waals surface area contributed by atoms with Crippen LogP contribution in [0.15, 0.2) is 35.8 Å². The van der Waals surface area contributed by atoms with Crippen molar-refractivity contribution in [3.05, 3.63) is 41.5 Å². The Morgan fingerprint density at radius 3 is 2.33 bits per heavy atom. The Labute approximate surface area is 255 Å². The fraction of sp³-hybridized carbons (Fsp3) is 0.667. The van der Waals surface area contributed by atoms with Crippen LogP contribution in [0.2, 0.25) is 0 Å². The van der Waals surface area contributed by atoms with Gasteiger partial charge in [-0.3, -0.25) is 23.7 Å². The van der Waals surface area contributed by atoms with Crippen molar-refractivity contribution in [2.24, 2.45) is 50.2 Å². The van der Waals surface area contributed by atoms with Crippen LogP contribution in [-0.2, 0) is 9.59 Å². The molecule has 1 aromatic rings. The first kappa shape index (κ1) is 29.9. The van der Waals surface area contributed by atoms with Gasteiger partial charge in [0.05, 0.1) is 17.2 Å². The van der Waals surface area contributed by atoms with E-state index in [4.69, 9.17) is 0 Å². The summed E-state index contributed by atoms with van der Waals surface area (Å²) >= 11 is 0. The molecule has 0 aliphatic heterocycles. The molecule has 6 rings (SSSR count). The van der Waals surface area contributed by atoms with Crippen molar-refractivity contribution >= 4 is 23.3 Å². The Balaban J connectivity index is 1.52. The van der Waals surface area contributed by atoms with Crippen LogP contribution in [0, 0.1) is 61.6 Å². The lowest BCUT2D eigenvalue weighted by molar-refractivity contribution is -0.164. The summed E-state index contributed by atoms with van der Waals surface area (Å²) in [6.07, 6.45) is 12.0. The maximum absolute atomic E-state index is 14.7. The number of nitrogens with zero attached hydrogens (tertiary/aromatic N) is 3. The van der Waals surface area contributed by atoms with Gasteiger partial charge in [-0.1, -0.05) is 60.1 Å². The van der Waals surface area contributed by atoms with E-state index in [-0.39, 0.29) is 57.4 Å². The number of allylic oxidation sites excluding steroid dienone is 4. The molecule has 3 fully saturated rings. The van der Waals surface area contributed by atoms with Gasteiger partial charge in [0.15, 0.2) is 17.3 Å². The second-order valence-corrected chi connectivity index (χ2v) is 16.4. The quantitative estimate of drug-likeness (QED) is 0.349. The molecule has 1 aromatic heterocycles. The molecule has 1 heterocycles. The summed E-state index contributed by atoms with van der Waals surface area (Å²) < 4.78 is 1.45. The number of Topliss-reactive ketones (excluding diaryl/α,β-unsaturated/α-hetero) is 2. The summed E-state index contributed by atoms with van der Waals surface area (Å²) in [5.41, 5.74) is -1.31. The molecule has 7 atom stereocenters. The molecule has 3 saturated carbocycles. The first-order valence-electron chi connectivity index (χ1n) is 15.9. The molecule has 0 bridgehead atoms. The summed E-state index contributed by atoms with van der Waals surface area (Å²) in [5.74, 6) is -0.879. The molecule has 0 spiro atoms. The third kappa shape index (κ3) is 3.68. The van der Waals surface area contributed by atoms with Gasteiger partial charge in [-0.25, -0.2) is 4.98 Å². The fourth-order valence-corrected chi connectivity index (χ4v) is 11.0. The van der Waals surface area contributed by atoms with Gasteiger partial charge in [-0.2, -0.15) is 5.26 Å². The first-order valence-corrected chi connectivity index (χ1v) is 15.9. The number of carbonyl (C=O) groups is 4. The fourth-order valence-electron chi connectivity index (χ4n) is 11.0. The summed E-state index contributed by atoms with van der Waals surface area (Å²) in [6.45, 7) is 16.6. The predicted molar refractivity (Wildman–Crippen MR) is 162 cm³/mol. The van der Waals surface area contributed by atoms with E-state index in [1.54, 1.807) is 0 Å². The SMILES string of the molecule is CC(=O)c1cncn1C(=O)C12CCC(C)(C)CC1C1C(=O)C=C3C4(C)C=C(C#N)C(=O)C(C)(C)C4CCC3(C)C1(C)CC2. The van der Waals surface area contributed by atoms with Crippen LogP contribution < -0.4 is 0 Å². The van der Waals surface area contributed by atoms with Gasteiger partial charge < -0.3 is 0 Å². The van der Waals surface area contributed by atoms with Crippen LogP contribution in [0.4, 0.5) is 0 Å². The van der Waals surface area contributed by atoms with Crippen LogP contribution >= 0.6 is 0 Å². The smallest absolute Gasteiger partial charge is 0.238 e. The number of ketones is 3. The molecule has 7 nitrogen and oxygen atoms in total. The Morgan fingerprint density at radius 1 is 1.00 bits per heavy atom. The average molecular weight is 584 g/mol. The number of hydrogen-bond acceptors (Lipinski definition) is 6. The highest BCUT2D eigenvalue weighted by atomic mass is 16.2. The minimum absolute atomic E-state index is 0.0130. The molecule has 7 heteroatoms. The zero-order valence-electron chi connectivity index (χ0n) is 27.0. The third-order valence-corrected chi connectivity index (χ3v) is 13.5. The predicted octanol–water partition coefficient (Wildman–Crippen LogP) is 6.95. The van der Waals surface area contributed by atoms with Gasteiger partial charge in [0.25, 0.3) is 0 Å². The Kier molecular flexibility index (Phi) is 6.23. The molecule has 5 aliphatic rings. The highest BCUT2D eigenvalue weighted by Crippen LogP contribution is 2.74. The van der Waals surface area contributed by atoms with Crippen molar-refractivity contribution in [1.29, 1.82) is 5.26 Å². The topological polar surface area (TPSA) is 110 Å². The summed E-state index contributed by atoms with van der Waals surface area (Å²) in [4.78, 5) is 59.2. The normalized spacial score (nSPS) is 41.0. The zero-order chi connectivity index (χ0) is 31.5. The average Bonchev–Trinajstić information content (AvgIpc) is 3.42. The summed E-state index contributed by atoms with van der Waals surface area (Å²) in [5, 5.41) is 9.95. The van der Waals surface area contributed by atoms with E-state index < -0.39 is 21.7 Å². The molecule has 5 aliphatic carbocycles. The number of aromatic nitrogens is 2. The first-order chi connectivity index (χ1) is 19.9. The van der Waals surface area contributed by atoms with Crippen LogP contribution in [-0.4, -0.2) is 32.8 Å². The molecular weight excluding hydrogens is 538 g/mol. The maximum atomic E-state index is 14.7. The van der Waals surface area contributed by atoms with Crippen molar-refractivity contribution in [3.8, 4) is 6.07 Å². The van der Waals surface area contributed by atoms with E-state index in [1.807, 2.05) is 26.0 Å². The molecule has 0 N–H and O–H groups in total. The highest BCUT2D eigenvalue weighted by Gasteiger charge is 2.71. The molecule has 228 valence electrons. The molecule has 0 aromatic carbocycles. The highest BCUT2D eigenvalue weighted by molar-refractivity contribution is 6.05. The zero-order valence-corrected chi connectivity index (χ0v) is 27.0. The Hall–Kier alpha value is -3.14.